The second kappa shape index (κ2) is 5.44. The van der Waals surface area contributed by atoms with Crippen LogP contribution in [0.15, 0.2) is 22.9 Å². The van der Waals surface area contributed by atoms with Crippen LogP contribution < -0.4 is 5.32 Å². The second-order valence-corrected chi connectivity index (χ2v) is 7.11. The number of carbonyl (C=O) groups is 1. The number of nitrogens with one attached hydrogen (secondary N) is 1. The van der Waals surface area contributed by atoms with Gasteiger partial charge in [-0.1, -0.05) is 18.1 Å². The van der Waals surface area contributed by atoms with Crippen LogP contribution in [0.5, 0.6) is 0 Å². The summed E-state index contributed by atoms with van der Waals surface area (Å²) in [5.41, 5.74) is 1.15. The van der Waals surface area contributed by atoms with Crippen molar-refractivity contribution in [2.75, 3.05) is 6.54 Å². The van der Waals surface area contributed by atoms with Crippen molar-refractivity contribution in [2.24, 2.45) is 0 Å². The first kappa shape index (κ1) is 15.6. The molecule has 23 heavy (non-hydrogen) atoms. The number of carbonyl (C=O) groups excluding carboxylic acids is 1. The van der Waals surface area contributed by atoms with Crippen LogP contribution >= 0.6 is 0 Å². The predicted octanol–water partition coefficient (Wildman–Crippen LogP) is 2.27. The number of aryl methyl sites for hydroxylation is 1. The molecule has 1 atom stereocenters. The monoisotopic (exact) mass is 314 g/mol. The first-order valence-electron chi connectivity index (χ1n) is 7.86. The van der Waals surface area contributed by atoms with E-state index in [0.29, 0.717) is 24.7 Å². The summed E-state index contributed by atoms with van der Waals surface area (Å²) < 4.78 is 5.52. The van der Waals surface area contributed by atoms with E-state index >= 15 is 0 Å². The van der Waals surface area contributed by atoms with E-state index in [0.717, 1.165) is 17.7 Å². The van der Waals surface area contributed by atoms with Gasteiger partial charge in [0.05, 0.1) is 16.5 Å². The van der Waals surface area contributed by atoms with Gasteiger partial charge in [-0.05, 0) is 38.8 Å². The maximum absolute atomic E-state index is 11.7. The first-order valence-corrected chi connectivity index (χ1v) is 7.86. The summed E-state index contributed by atoms with van der Waals surface area (Å²) in [6.45, 7) is 8.69. The van der Waals surface area contributed by atoms with Gasteiger partial charge in [-0.25, -0.2) is 0 Å². The summed E-state index contributed by atoms with van der Waals surface area (Å²) in [5.74, 6) is 1.15. The lowest BCUT2D eigenvalue weighted by Crippen LogP contribution is -2.42. The van der Waals surface area contributed by atoms with E-state index in [4.69, 9.17) is 4.52 Å². The van der Waals surface area contributed by atoms with Crippen LogP contribution in [0.3, 0.4) is 0 Å². The number of hydrogen-bond donors (Lipinski definition) is 1. The summed E-state index contributed by atoms with van der Waals surface area (Å²) in [6, 6.07) is 4.01. The molecule has 2 aromatic heterocycles. The minimum atomic E-state index is -0.456. The zero-order valence-corrected chi connectivity index (χ0v) is 14.0. The van der Waals surface area contributed by atoms with Gasteiger partial charge in [0.25, 0.3) is 0 Å². The van der Waals surface area contributed by atoms with E-state index in [1.165, 1.54) is 0 Å². The number of amides is 1. The van der Waals surface area contributed by atoms with Crippen molar-refractivity contribution in [3.8, 4) is 0 Å². The lowest BCUT2D eigenvalue weighted by molar-refractivity contribution is -0.124. The molecule has 6 nitrogen and oxygen atoms in total. The molecule has 1 unspecified atom stereocenters. The highest BCUT2D eigenvalue weighted by atomic mass is 16.5. The van der Waals surface area contributed by atoms with Gasteiger partial charge in [-0.15, -0.1) is 0 Å². The molecule has 1 saturated heterocycles. The minimum Gasteiger partial charge on any atom is -0.356 e. The molecule has 122 valence electrons. The molecule has 0 saturated carbocycles. The van der Waals surface area contributed by atoms with Gasteiger partial charge < -0.3 is 9.84 Å². The molecule has 1 N–H and O–H groups in total. The first-order chi connectivity index (χ1) is 10.8. The summed E-state index contributed by atoms with van der Waals surface area (Å²) in [6.07, 6.45) is 3.01. The molecule has 6 heteroatoms. The Morgan fingerprint density at radius 2 is 2.13 bits per heavy atom. The molecule has 0 spiro atoms. The van der Waals surface area contributed by atoms with Crippen molar-refractivity contribution >= 4 is 5.91 Å². The Bertz CT molecular complexity index is 720. The van der Waals surface area contributed by atoms with Crippen LogP contribution in [0.2, 0.25) is 0 Å². The van der Waals surface area contributed by atoms with E-state index in [1.54, 1.807) is 0 Å². The lowest BCUT2D eigenvalue weighted by Gasteiger charge is -2.29. The largest absolute Gasteiger partial charge is 0.356 e. The Morgan fingerprint density at radius 3 is 2.78 bits per heavy atom. The molecule has 1 fully saturated rings. The number of piperidine rings is 1. The molecule has 0 bridgehead atoms. The van der Waals surface area contributed by atoms with Crippen molar-refractivity contribution in [1.82, 2.24) is 20.4 Å². The fourth-order valence-electron chi connectivity index (χ4n) is 2.84. The maximum atomic E-state index is 11.7. The number of nitrogens with zero attached hydrogens (tertiary/aromatic N) is 3. The highest BCUT2D eigenvalue weighted by Gasteiger charge is 2.40. The molecule has 1 aliphatic heterocycles. The molecular formula is C17H22N4O2. The summed E-state index contributed by atoms with van der Waals surface area (Å²) in [5, 5.41) is 7.01. The molecule has 3 heterocycles. The fraction of sp³-hybridized carbons (Fsp3) is 0.529. The second-order valence-electron chi connectivity index (χ2n) is 7.11. The normalized spacial score (nSPS) is 22.0. The van der Waals surface area contributed by atoms with Crippen LogP contribution in [0, 0.1) is 6.92 Å². The Kier molecular flexibility index (Phi) is 3.70. The summed E-state index contributed by atoms with van der Waals surface area (Å²) in [7, 11) is 0. The summed E-state index contributed by atoms with van der Waals surface area (Å²) >= 11 is 0. The van der Waals surface area contributed by atoms with Crippen LogP contribution in [-0.4, -0.2) is 27.6 Å². The van der Waals surface area contributed by atoms with E-state index in [1.807, 2.05) is 46.0 Å². The number of pyridine rings is 1. The van der Waals surface area contributed by atoms with E-state index in [-0.39, 0.29) is 5.91 Å². The van der Waals surface area contributed by atoms with E-state index in [9.17, 15) is 4.79 Å². The molecule has 0 radical (unpaired) electrons. The zero-order chi connectivity index (χ0) is 16.7. The van der Waals surface area contributed by atoms with Crippen molar-refractivity contribution in [3.05, 3.63) is 41.3 Å². The SMILES string of the molecule is Cc1ccc(C(C)(C)c2noc(C3(C)CCNC(=O)C3)n2)nc1. The topological polar surface area (TPSA) is 80.9 Å². The smallest absolute Gasteiger partial charge is 0.233 e. The molecule has 1 amide bonds. The average Bonchev–Trinajstić information content (AvgIpc) is 2.99. The van der Waals surface area contributed by atoms with Crippen molar-refractivity contribution in [3.63, 3.8) is 0 Å². The average molecular weight is 314 g/mol. The Balaban J connectivity index is 1.91. The fourth-order valence-corrected chi connectivity index (χ4v) is 2.84. The standard InChI is InChI=1S/C17H22N4O2/c1-11-5-6-12(19-10-11)16(2,3)14-20-15(23-21-14)17(4)7-8-18-13(22)9-17/h5-6,10H,7-9H2,1-4H3,(H,18,22). The van der Waals surface area contributed by atoms with Crippen LogP contribution in [0.25, 0.3) is 0 Å². The quantitative estimate of drug-likeness (QED) is 0.940. The van der Waals surface area contributed by atoms with Gasteiger partial charge in [0.1, 0.15) is 0 Å². The zero-order valence-electron chi connectivity index (χ0n) is 14.0. The van der Waals surface area contributed by atoms with Crippen molar-refractivity contribution in [2.45, 2.75) is 51.4 Å². The highest BCUT2D eigenvalue weighted by Crippen LogP contribution is 2.35. The third-order valence-corrected chi connectivity index (χ3v) is 4.60. The van der Waals surface area contributed by atoms with Gasteiger partial charge in [0, 0.05) is 19.2 Å². The third-order valence-electron chi connectivity index (χ3n) is 4.60. The van der Waals surface area contributed by atoms with Crippen LogP contribution in [-0.2, 0) is 15.6 Å². The highest BCUT2D eigenvalue weighted by molar-refractivity contribution is 5.78. The predicted molar refractivity (Wildman–Crippen MR) is 85.0 cm³/mol. The number of hydrogen-bond acceptors (Lipinski definition) is 5. The van der Waals surface area contributed by atoms with Gasteiger partial charge in [0.15, 0.2) is 5.82 Å². The van der Waals surface area contributed by atoms with E-state index in [2.05, 4.69) is 20.4 Å². The Hall–Kier alpha value is -2.24. The van der Waals surface area contributed by atoms with E-state index < -0.39 is 10.8 Å². The molecule has 3 rings (SSSR count). The molecule has 0 aliphatic carbocycles. The van der Waals surface area contributed by atoms with Gasteiger partial charge in [-0.3, -0.25) is 9.78 Å². The number of aromatic nitrogens is 3. The summed E-state index contributed by atoms with van der Waals surface area (Å²) in [4.78, 5) is 20.8. The van der Waals surface area contributed by atoms with Crippen LogP contribution in [0.1, 0.15) is 56.6 Å². The van der Waals surface area contributed by atoms with Crippen molar-refractivity contribution in [1.29, 1.82) is 0 Å². The molecule has 0 aromatic carbocycles. The molecule has 1 aliphatic rings. The lowest BCUT2D eigenvalue weighted by atomic mass is 9.80. The van der Waals surface area contributed by atoms with Gasteiger partial charge in [-0.2, -0.15) is 4.98 Å². The third kappa shape index (κ3) is 2.85. The number of rotatable bonds is 3. The molecule has 2 aromatic rings. The molecular weight excluding hydrogens is 292 g/mol. The van der Waals surface area contributed by atoms with Gasteiger partial charge in [0.2, 0.25) is 11.8 Å². The van der Waals surface area contributed by atoms with Gasteiger partial charge >= 0.3 is 0 Å². The Labute approximate surface area is 135 Å². The minimum absolute atomic E-state index is 0.0259. The maximum Gasteiger partial charge on any atom is 0.233 e. The van der Waals surface area contributed by atoms with Crippen LogP contribution in [0.4, 0.5) is 0 Å². The Morgan fingerprint density at radius 1 is 1.35 bits per heavy atom. The van der Waals surface area contributed by atoms with Crippen molar-refractivity contribution < 1.29 is 9.32 Å².